The van der Waals surface area contributed by atoms with Gasteiger partial charge >= 0.3 is 6.09 Å². The highest BCUT2D eigenvalue weighted by Crippen LogP contribution is 2.16. The smallest absolute Gasteiger partial charge is 0.408 e. The third-order valence-electron chi connectivity index (χ3n) is 2.75. The summed E-state index contributed by atoms with van der Waals surface area (Å²) in [6.45, 7) is 6.61. The predicted octanol–water partition coefficient (Wildman–Crippen LogP) is 1.15. The quantitative estimate of drug-likeness (QED) is 0.796. The lowest BCUT2D eigenvalue weighted by Gasteiger charge is -2.25. The first kappa shape index (κ1) is 17.1. The van der Waals surface area contributed by atoms with Gasteiger partial charge in [0, 0.05) is 12.3 Å². The fourth-order valence-corrected chi connectivity index (χ4v) is 2.79. The van der Waals surface area contributed by atoms with E-state index in [1.807, 2.05) is 0 Å². The van der Waals surface area contributed by atoms with E-state index in [-0.39, 0.29) is 5.91 Å². The number of nitrogens with one attached hydrogen (secondary N) is 1. The molecule has 3 N–H and O–H groups in total. The summed E-state index contributed by atoms with van der Waals surface area (Å²) in [6.07, 6.45) is 0.669. The summed E-state index contributed by atoms with van der Waals surface area (Å²) >= 11 is 1.72. The number of thioether (sulfide) groups is 1. The lowest BCUT2D eigenvalue weighted by Crippen LogP contribution is -2.49. The Hall–Kier alpha value is -0.950. The van der Waals surface area contributed by atoms with Crippen molar-refractivity contribution < 1.29 is 14.3 Å². The molecule has 1 saturated heterocycles. The van der Waals surface area contributed by atoms with Gasteiger partial charge in [-0.05, 0) is 40.2 Å². The van der Waals surface area contributed by atoms with Gasteiger partial charge in [0.1, 0.15) is 11.6 Å². The van der Waals surface area contributed by atoms with Gasteiger partial charge in [0.15, 0.2) is 0 Å². The Balaban J connectivity index is 2.58. The van der Waals surface area contributed by atoms with Gasteiger partial charge in [0.05, 0.1) is 5.88 Å². The summed E-state index contributed by atoms with van der Waals surface area (Å²) in [5, 5.41) is 2.67. The van der Waals surface area contributed by atoms with Gasteiger partial charge in [-0.25, -0.2) is 4.79 Å². The SMILES string of the molecule is CC(C)(C)OC(=O)N[C@@H](CCCN)C(=O)N1CCSC1. The Morgan fingerprint density at radius 3 is 2.65 bits per heavy atom. The second-order valence-corrected chi connectivity index (χ2v) is 6.84. The van der Waals surface area contributed by atoms with E-state index in [1.165, 1.54) is 0 Å². The van der Waals surface area contributed by atoms with Crippen LogP contribution in [0.2, 0.25) is 0 Å². The number of carbonyl (C=O) groups excluding carboxylic acids is 2. The summed E-state index contributed by atoms with van der Waals surface area (Å²) in [5.41, 5.74) is 4.92. The van der Waals surface area contributed by atoms with Gasteiger partial charge in [-0.15, -0.1) is 11.8 Å². The first-order chi connectivity index (χ1) is 9.33. The van der Waals surface area contributed by atoms with Gasteiger partial charge < -0.3 is 20.7 Å². The fourth-order valence-electron chi connectivity index (χ4n) is 1.84. The topological polar surface area (TPSA) is 84.7 Å². The number of nitrogens with zero attached hydrogens (tertiary/aromatic N) is 1. The first-order valence-corrected chi connectivity index (χ1v) is 8.05. The van der Waals surface area contributed by atoms with Crippen molar-refractivity contribution in [1.82, 2.24) is 10.2 Å². The van der Waals surface area contributed by atoms with Crippen molar-refractivity contribution in [2.45, 2.75) is 45.3 Å². The standard InChI is InChI=1S/C13H25N3O3S/c1-13(2,3)19-12(18)15-10(5-4-6-14)11(17)16-7-8-20-9-16/h10H,4-9,14H2,1-3H3,(H,15,18)/t10-/m0/s1. The lowest BCUT2D eigenvalue weighted by molar-refractivity contribution is -0.132. The number of ether oxygens (including phenoxy) is 1. The van der Waals surface area contributed by atoms with Crippen LogP contribution in [-0.2, 0) is 9.53 Å². The van der Waals surface area contributed by atoms with Crippen LogP contribution in [0.5, 0.6) is 0 Å². The average Bonchev–Trinajstić information content (AvgIpc) is 2.84. The van der Waals surface area contributed by atoms with E-state index in [9.17, 15) is 9.59 Å². The van der Waals surface area contributed by atoms with Crippen LogP contribution in [0.3, 0.4) is 0 Å². The van der Waals surface area contributed by atoms with Crippen molar-refractivity contribution in [3.63, 3.8) is 0 Å². The normalized spacial score (nSPS) is 16.9. The first-order valence-electron chi connectivity index (χ1n) is 6.89. The summed E-state index contributed by atoms with van der Waals surface area (Å²) in [4.78, 5) is 25.9. The number of hydrogen-bond donors (Lipinski definition) is 2. The molecule has 0 aromatic rings. The number of carbonyl (C=O) groups is 2. The highest BCUT2D eigenvalue weighted by atomic mass is 32.2. The van der Waals surface area contributed by atoms with E-state index in [4.69, 9.17) is 10.5 Å². The molecule has 0 aromatic heterocycles. The van der Waals surface area contributed by atoms with Crippen LogP contribution >= 0.6 is 11.8 Å². The highest BCUT2D eigenvalue weighted by molar-refractivity contribution is 7.99. The van der Waals surface area contributed by atoms with Crippen LogP contribution in [0, 0.1) is 0 Å². The third kappa shape index (κ3) is 6.00. The molecule has 1 heterocycles. The largest absolute Gasteiger partial charge is 0.444 e. The molecule has 0 saturated carbocycles. The van der Waals surface area contributed by atoms with Crippen LogP contribution in [-0.4, -0.2) is 53.3 Å². The molecule has 0 aromatic carbocycles. The van der Waals surface area contributed by atoms with Crippen molar-refractivity contribution in [1.29, 1.82) is 0 Å². The Bertz CT molecular complexity index is 338. The molecule has 2 amide bonds. The van der Waals surface area contributed by atoms with E-state index >= 15 is 0 Å². The molecule has 6 nitrogen and oxygen atoms in total. The maximum Gasteiger partial charge on any atom is 0.408 e. The van der Waals surface area contributed by atoms with Crippen molar-refractivity contribution in [2.75, 3.05) is 24.7 Å². The minimum Gasteiger partial charge on any atom is -0.444 e. The molecule has 0 bridgehead atoms. The van der Waals surface area contributed by atoms with Crippen molar-refractivity contribution in [3.05, 3.63) is 0 Å². The van der Waals surface area contributed by atoms with Crippen LogP contribution < -0.4 is 11.1 Å². The van der Waals surface area contributed by atoms with E-state index < -0.39 is 17.7 Å². The fraction of sp³-hybridized carbons (Fsp3) is 0.846. The van der Waals surface area contributed by atoms with Crippen LogP contribution in [0.15, 0.2) is 0 Å². The maximum absolute atomic E-state index is 12.4. The lowest BCUT2D eigenvalue weighted by atomic mass is 10.1. The second-order valence-electron chi connectivity index (χ2n) is 5.77. The van der Waals surface area contributed by atoms with Gasteiger partial charge in [0.25, 0.3) is 0 Å². The number of amides is 2. The van der Waals surface area contributed by atoms with E-state index in [1.54, 1.807) is 37.4 Å². The van der Waals surface area contributed by atoms with E-state index in [0.29, 0.717) is 25.3 Å². The summed E-state index contributed by atoms with van der Waals surface area (Å²) in [5.74, 6) is 1.59. The number of hydrogen-bond acceptors (Lipinski definition) is 5. The molecule has 20 heavy (non-hydrogen) atoms. The molecular weight excluding hydrogens is 278 g/mol. The zero-order chi connectivity index (χ0) is 15.2. The van der Waals surface area contributed by atoms with Crippen molar-refractivity contribution >= 4 is 23.8 Å². The van der Waals surface area contributed by atoms with Crippen LogP contribution in [0.4, 0.5) is 4.79 Å². The van der Waals surface area contributed by atoms with Gasteiger partial charge in [-0.3, -0.25) is 4.79 Å². The van der Waals surface area contributed by atoms with Gasteiger partial charge in [-0.1, -0.05) is 0 Å². The number of rotatable bonds is 5. The number of nitrogens with two attached hydrogens (primary N) is 1. The molecule has 1 fully saturated rings. The molecule has 0 radical (unpaired) electrons. The van der Waals surface area contributed by atoms with E-state index in [2.05, 4.69) is 5.32 Å². The molecular formula is C13H25N3O3S. The Morgan fingerprint density at radius 1 is 1.45 bits per heavy atom. The molecule has 0 aliphatic carbocycles. The molecule has 1 atom stereocenters. The Morgan fingerprint density at radius 2 is 2.15 bits per heavy atom. The zero-order valence-electron chi connectivity index (χ0n) is 12.5. The third-order valence-corrected chi connectivity index (χ3v) is 3.72. The minimum atomic E-state index is -0.574. The average molecular weight is 303 g/mol. The molecule has 1 aliphatic heterocycles. The molecule has 0 unspecified atom stereocenters. The molecule has 0 spiro atoms. The van der Waals surface area contributed by atoms with Gasteiger partial charge in [0.2, 0.25) is 5.91 Å². The van der Waals surface area contributed by atoms with Crippen molar-refractivity contribution in [3.8, 4) is 0 Å². The second kappa shape index (κ2) is 7.73. The molecule has 7 heteroatoms. The number of alkyl carbamates (subject to hydrolysis) is 1. The maximum atomic E-state index is 12.4. The Labute approximate surface area is 124 Å². The Kier molecular flexibility index (Phi) is 6.61. The van der Waals surface area contributed by atoms with E-state index in [0.717, 1.165) is 12.3 Å². The van der Waals surface area contributed by atoms with Crippen LogP contribution in [0.1, 0.15) is 33.6 Å². The summed E-state index contributed by atoms with van der Waals surface area (Å²) in [6, 6.07) is -0.549. The summed E-state index contributed by atoms with van der Waals surface area (Å²) in [7, 11) is 0. The highest BCUT2D eigenvalue weighted by Gasteiger charge is 2.29. The summed E-state index contributed by atoms with van der Waals surface area (Å²) < 4.78 is 5.20. The predicted molar refractivity (Wildman–Crippen MR) is 80.5 cm³/mol. The van der Waals surface area contributed by atoms with Crippen LogP contribution in [0.25, 0.3) is 0 Å². The van der Waals surface area contributed by atoms with Gasteiger partial charge in [-0.2, -0.15) is 0 Å². The molecule has 116 valence electrons. The molecule has 1 rings (SSSR count). The molecule has 1 aliphatic rings. The zero-order valence-corrected chi connectivity index (χ0v) is 13.3. The monoisotopic (exact) mass is 303 g/mol. The minimum absolute atomic E-state index is 0.0469. The van der Waals surface area contributed by atoms with Crippen molar-refractivity contribution in [2.24, 2.45) is 5.73 Å².